The largest absolute Gasteiger partial charge is 0.389 e. The summed E-state index contributed by atoms with van der Waals surface area (Å²) in [5.74, 6) is 0.748. The Bertz CT molecular complexity index is 353. The molecule has 1 saturated heterocycles. The molecule has 0 aromatic heterocycles. The molecular weight excluding hydrogens is 284 g/mol. The number of nitrogens with one attached hydrogen (secondary N) is 3. The van der Waals surface area contributed by atoms with Crippen molar-refractivity contribution < 1.29 is 14.9 Å². The fourth-order valence-corrected chi connectivity index (χ4v) is 2.93. The second-order valence-corrected chi connectivity index (χ2v) is 5.91. The van der Waals surface area contributed by atoms with Gasteiger partial charge in [-0.15, -0.1) is 0 Å². The highest BCUT2D eigenvalue weighted by Crippen LogP contribution is 2.22. The van der Waals surface area contributed by atoms with Gasteiger partial charge in [0.2, 0.25) is 0 Å². The number of allylic oxidation sites excluding steroid dienone is 1. The summed E-state index contributed by atoms with van der Waals surface area (Å²) < 4.78 is 0. The van der Waals surface area contributed by atoms with Crippen LogP contribution in [0.4, 0.5) is 0 Å². The first-order valence-electron chi connectivity index (χ1n) is 8.21. The van der Waals surface area contributed by atoms with E-state index in [2.05, 4.69) is 20.9 Å². The van der Waals surface area contributed by atoms with Crippen LogP contribution in [0.3, 0.4) is 0 Å². The molecule has 2 unspecified atom stereocenters. The predicted octanol–water partition coefficient (Wildman–Crippen LogP) is -0.944. The Hall–Kier alpha value is -0.700. The molecule has 2 aliphatic heterocycles. The molecule has 128 valence electrons. The average molecular weight is 314 g/mol. The SMILES string of the molecule is CC1=C(C)C(N2CCNCCNCCNCC2)C(O)COO1. The summed E-state index contributed by atoms with van der Waals surface area (Å²) in [5, 5.41) is 20.7. The predicted molar refractivity (Wildman–Crippen MR) is 85.4 cm³/mol. The number of aliphatic hydroxyl groups is 1. The lowest BCUT2D eigenvalue weighted by atomic mass is 10.00. The Balaban J connectivity index is 2.04. The van der Waals surface area contributed by atoms with Crippen LogP contribution in [-0.4, -0.2) is 81.1 Å². The Morgan fingerprint density at radius 1 is 0.955 bits per heavy atom. The maximum atomic E-state index is 10.4. The van der Waals surface area contributed by atoms with Crippen molar-refractivity contribution in [2.24, 2.45) is 0 Å². The second kappa shape index (κ2) is 9.44. The van der Waals surface area contributed by atoms with E-state index in [4.69, 9.17) is 9.78 Å². The van der Waals surface area contributed by atoms with Gasteiger partial charge in [-0.1, -0.05) is 0 Å². The Kier molecular flexibility index (Phi) is 7.57. The molecule has 0 bridgehead atoms. The molecule has 2 aliphatic rings. The highest BCUT2D eigenvalue weighted by molar-refractivity contribution is 5.15. The third-order valence-electron chi connectivity index (χ3n) is 4.29. The van der Waals surface area contributed by atoms with E-state index >= 15 is 0 Å². The van der Waals surface area contributed by atoms with Crippen molar-refractivity contribution in [3.63, 3.8) is 0 Å². The minimum Gasteiger partial charge on any atom is -0.389 e. The van der Waals surface area contributed by atoms with E-state index in [0.29, 0.717) is 0 Å². The molecule has 2 heterocycles. The summed E-state index contributed by atoms with van der Waals surface area (Å²) in [6.07, 6.45) is -0.577. The van der Waals surface area contributed by atoms with E-state index < -0.39 is 6.10 Å². The molecular formula is C15H30N4O3. The highest BCUT2D eigenvalue weighted by atomic mass is 17.2. The maximum absolute atomic E-state index is 10.4. The smallest absolute Gasteiger partial charge is 0.139 e. The van der Waals surface area contributed by atoms with Gasteiger partial charge in [-0.3, -0.25) is 4.90 Å². The molecule has 0 aromatic carbocycles. The highest BCUT2D eigenvalue weighted by Gasteiger charge is 2.31. The Morgan fingerprint density at radius 3 is 2.09 bits per heavy atom. The topological polar surface area (TPSA) is 78.0 Å². The van der Waals surface area contributed by atoms with Gasteiger partial charge in [0, 0.05) is 52.4 Å². The molecule has 0 spiro atoms. The second-order valence-electron chi connectivity index (χ2n) is 5.91. The van der Waals surface area contributed by atoms with Crippen molar-refractivity contribution in [3.05, 3.63) is 11.3 Å². The maximum Gasteiger partial charge on any atom is 0.139 e. The van der Waals surface area contributed by atoms with Crippen LogP contribution in [0, 0.1) is 0 Å². The first-order chi connectivity index (χ1) is 10.7. The number of hydrogen-bond donors (Lipinski definition) is 4. The summed E-state index contributed by atoms with van der Waals surface area (Å²) in [5.41, 5.74) is 1.04. The van der Waals surface area contributed by atoms with Crippen molar-refractivity contribution in [3.8, 4) is 0 Å². The van der Waals surface area contributed by atoms with Crippen molar-refractivity contribution >= 4 is 0 Å². The van der Waals surface area contributed by atoms with Crippen LogP contribution in [-0.2, 0) is 9.78 Å². The van der Waals surface area contributed by atoms with Gasteiger partial charge in [0.05, 0.1) is 6.04 Å². The van der Waals surface area contributed by atoms with E-state index in [1.54, 1.807) is 0 Å². The van der Waals surface area contributed by atoms with E-state index in [-0.39, 0.29) is 12.6 Å². The van der Waals surface area contributed by atoms with Crippen molar-refractivity contribution in [2.75, 3.05) is 59.0 Å². The first kappa shape index (κ1) is 17.7. The summed E-state index contributed by atoms with van der Waals surface area (Å²) in [7, 11) is 0. The van der Waals surface area contributed by atoms with Crippen LogP contribution in [0.2, 0.25) is 0 Å². The van der Waals surface area contributed by atoms with Crippen molar-refractivity contribution in [1.29, 1.82) is 0 Å². The number of nitrogens with zero attached hydrogens (tertiary/aromatic N) is 1. The fraction of sp³-hybridized carbons (Fsp3) is 0.867. The number of aliphatic hydroxyl groups excluding tert-OH is 1. The molecule has 7 nitrogen and oxygen atoms in total. The summed E-state index contributed by atoms with van der Waals surface area (Å²) in [6.45, 7) is 11.5. The minimum absolute atomic E-state index is 0.0628. The van der Waals surface area contributed by atoms with Crippen LogP contribution < -0.4 is 16.0 Å². The van der Waals surface area contributed by atoms with Gasteiger partial charge >= 0.3 is 0 Å². The molecule has 4 N–H and O–H groups in total. The van der Waals surface area contributed by atoms with Gasteiger partial charge in [-0.05, 0) is 19.4 Å². The third kappa shape index (κ3) is 5.19. The first-order valence-corrected chi connectivity index (χ1v) is 8.21. The van der Waals surface area contributed by atoms with Gasteiger partial charge in [-0.25, -0.2) is 0 Å². The number of hydrogen-bond acceptors (Lipinski definition) is 7. The van der Waals surface area contributed by atoms with Crippen LogP contribution in [0.25, 0.3) is 0 Å². The average Bonchev–Trinajstić information content (AvgIpc) is 2.60. The van der Waals surface area contributed by atoms with E-state index in [1.807, 2.05) is 13.8 Å². The third-order valence-corrected chi connectivity index (χ3v) is 4.29. The molecule has 2 atom stereocenters. The van der Waals surface area contributed by atoms with Gasteiger partial charge in [0.25, 0.3) is 0 Å². The van der Waals surface area contributed by atoms with Crippen molar-refractivity contribution in [2.45, 2.75) is 26.0 Å². The van der Waals surface area contributed by atoms with E-state index in [1.165, 1.54) is 0 Å². The lowest BCUT2D eigenvalue weighted by Gasteiger charge is -2.34. The van der Waals surface area contributed by atoms with E-state index in [9.17, 15) is 5.11 Å². The quantitative estimate of drug-likeness (QED) is 0.465. The van der Waals surface area contributed by atoms with Crippen LogP contribution >= 0.6 is 0 Å². The Labute approximate surface area is 133 Å². The summed E-state index contributed by atoms with van der Waals surface area (Å²) in [4.78, 5) is 12.6. The molecule has 0 amide bonds. The van der Waals surface area contributed by atoms with Crippen LogP contribution in [0.1, 0.15) is 13.8 Å². The molecule has 0 radical (unpaired) electrons. The molecule has 2 rings (SSSR count). The van der Waals surface area contributed by atoms with Crippen LogP contribution in [0.15, 0.2) is 11.3 Å². The van der Waals surface area contributed by atoms with Gasteiger partial charge in [0.15, 0.2) is 0 Å². The van der Waals surface area contributed by atoms with Crippen LogP contribution in [0.5, 0.6) is 0 Å². The lowest BCUT2D eigenvalue weighted by molar-refractivity contribution is -0.271. The standard InChI is InChI=1S/C15H30N4O3/c1-12-13(2)22-21-11-14(20)15(12)19-9-7-17-5-3-16-4-6-18-8-10-19/h14-18,20H,3-11H2,1-2H3. The monoisotopic (exact) mass is 314 g/mol. The Morgan fingerprint density at radius 2 is 1.50 bits per heavy atom. The van der Waals surface area contributed by atoms with Gasteiger partial charge in [0.1, 0.15) is 18.5 Å². The summed E-state index contributed by atoms with van der Waals surface area (Å²) >= 11 is 0. The molecule has 0 aromatic rings. The van der Waals surface area contributed by atoms with Gasteiger partial charge in [-0.2, -0.15) is 4.89 Å². The fourth-order valence-electron chi connectivity index (χ4n) is 2.93. The summed E-state index contributed by atoms with van der Waals surface area (Å²) in [6, 6.07) is -0.0628. The molecule has 0 aliphatic carbocycles. The number of rotatable bonds is 1. The lowest BCUT2D eigenvalue weighted by Crippen LogP contribution is -2.51. The molecule has 7 heteroatoms. The van der Waals surface area contributed by atoms with Gasteiger partial charge < -0.3 is 25.9 Å². The van der Waals surface area contributed by atoms with Crippen molar-refractivity contribution in [1.82, 2.24) is 20.9 Å². The normalized spacial score (nSPS) is 30.9. The molecule has 1 fully saturated rings. The van der Waals surface area contributed by atoms with E-state index in [0.717, 1.165) is 63.7 Å². The zero-order valence-corrected chi connectivity index (χ0v) is 13.7. The molecule has 0 saturated carbocycles. The minimum atomic E-state index is -0.577. The zero-order valence-electron chi connectivity index (χ0n) is 13.7. The zero-order chi connectivity index (χ0) is 15.8. The molecule has 22 heavy (non-hydrogen) atoms.